The summed E-state index contributed by atoms with van der Waals surface area (Å²) in [4.78, 5) is 0. The molecule has 1 fully saturated rings. The molecule has 0 aromatic rings. The summed E-state index contributed by atoms with van der Waals surface area (Å²) in [6, 6.07) is 0. The quantitative estimate of drug-likeness (QED) is 0.475. The van der Waals surface area contributed by atoms with Crippen molar-refractivity contribution in [1.29, 1.82) is 0 Å². The molecule has 1 rings (SSSR count). The SMILES string of the molecule is CCCCCC(C)(CO)CC=CC1CC1. The maximum Gasteiger partial charge on any atom is 0.0487 e. The molecule has 0 aromatic heterocycles. The first-order valence-corrected chi connectivity index (χ1v) is 6.48. The number of rotatable bonds is 8. The lowest BCUT2D eigenvalue weighted by atomic mass is 9.82. The molecule has 0 saturated heterocycles. The molecule has 0 aliphatic heterocycles. The van der Waals surface area contributed by atoms with Crippen molar-refractivity contribution in [2.75, 3.05) is 6.61 Å². The Kier molecular flexibility index (Phi) is 5.38. The lowest BCUT2D eigenvalue weighted by molar-refractivity contribution is 0.132. The summed E-state index contributed by atoms with van der Waals surface area (Å²) in [5, 5.41) is 9.43. The molecule has 1 atom stereocenters. The first kappa shape index (κ1) is 12.8. The van der Waals surface area contributed by atoms with Crippen molar-refractivity contribution in [3.63, 3.8) is 0 Å². The van der Waals surface area contributed by atoms with E-state index in [0.717, 1.165) is 18.8 Å². The zero-order valence-electron chi connectivity index (χ0n) is 10.3. The van der Waals surface area contributed by atoms with E-state index in [1.165, 1.54) is 32.1 Å². The third kappa shape index (κ3) is 5.36. The van der Waals surface area contributed by atoms with Gasteiger partial charge in [0.05, 0.1) is 0 Å². The van der Waals surface area contributed by atoms with Gasteiger partial charge in [-0.05, 0) is 37.0 Å². The number of aliphatic hydroxyl groups excluding tert-OH is 1. The van der Waals surface area contributed by atoms with Gasteiger partial charge < -0.3 is 5.11 Å². The predicted molar refractivity (Wildman–Crippen MR) is 65.8 cm³/mol. The Morgan fingerprint density at radius 3 is 2.60 bits per heavy atom. The molecule has 1 unspecified atom stereocenters. The van der Waals surface area contributed by atoms with Crippen LogP contribution in [0.5, 0.6) is 0 Å². The second kappa shape index (κ2) is 6.32. The lowest BCUT2D eigenvalue weighted by Gasteiger charge is -2.25. The minimum absolute atomic E-state index is 0.126. The topological polar surface area (TPSA) is 20.2 Å². The van der Waals surface area contributed by atoms with E-state index in [1.54, 1.807) is 0 Å². The van der Waals surface area contributed by atoms with Crippen molar-refractivity contribution in [3.05, 3.63) is 12.2 Å². The smallest absolute Gasteiger partial charge is 0.0487 e. The Labute approximate surface area is 94.6 Å². The Hall–Kier alpha value is -0.300. The van der Waals surface area contributed by atoms with Crippen LogP contribution in [-0.2, 0) is 0 Å². The van der Waals surface area contributed by atoms with Crippen LogP contribution in [0.3, 0.4) is 0 Å². The molecular weight excluding hydrogens is 184 g/mol. The van der Waals surface area contributed by atoms with E-state index in [-0.39, 0.29) is 5.41 Å². The highest BCUT2D eigenvalue weighted by molar-refractivity contribution is 4.98. The highest BCUT2D eigenvalue weighted by Gasteiger charge is 2.22. The van der Waals surface area contributed by atoms with Gasteiger partial charge in [-0.15, -0.1) is 0 Å². The van der Waals surface area contributed by atoms with E-state index in [1.807, 2.05) is 0 Å². The molecule has 88 valence electrons. The van der Waals surface area contributed by atoms with Gasteiger partial charge in [0.15, 0.2) is 0 Å². The van der Waals surface area contributed by atoms with Crippen molar-refractivity contribution < 1.29 is 5.11 Å². The number of allylic oxidation sites excluding steroid dienone is 2. The molecule has 0 spiro atoms. The average Bonchev–Trinajstić information content (AvgIpc) is 3.02. The molecule has 1 aliphatic carbocycles. The molecule has 1 aliphatic rings. The van der Waals surface area contributed by atoms with Crippen LogP contribution in [0.4, 0.5) is 0 Å². The van der Waals surface area contributed by atoms with Crippen molar-refractivity contribution in [2.45, 2.75) is 58.8 Å². The monoisotopic (exact) mass is 210 g/mol. The average molecular weight is 210 g/mol. The molecule has 1 N–H and O–H groups in total. The van der Waals surface area contributed by atoms with Gasteiger partial charge in [-0.3, -0.25) is 0 Å². The molecule has 1 saturated carbocycles. The molecule has 0 bridgehead atoms. The van der Waals surface area contributed by atoms with E-state index >= 15 is 0 Å². The van der Waals surface area contributed by atoms with Gasteiger partial charge in [-0.1, -0.05) is 45.3 Å². The van der Waals surface area contributed by atoms with Crippen molar-refractivity contribution in [2.24, 2.45) is 11.3 Å². The van der Waals surface area contributed by atoms with Crippen molar-refractivity contribution >= 4 is 0 Å². The fourth-order valence-corrected chi connectivity index (χ4v) is 1.88. The predicted octanol–water partition coefficient (Wildman–Crippen LogP) is 3.92. The molecule has 0 radical (unpaired) electrons. The normalized spacial score (nSPS) is 20.7. The Bertz CT molecular complexity index is 194. The van der Waals surface area contributed by atoms with Gasteiger partial charge >= 0.3 is 0 Å². The third-order valence-corrected chi connectivity index (χ3v) is 3.41. The highest BCUT2D eigenvalue weighted by atomic mass is 16.3. The molecule has 0 heterocycles. The van der Waals surface area contributed by atoms with Crippen LogP contribution >= 0.6 is 0 Å². The first-order chi connectivity index (χ1) is 7.20. The van der Waals surface area contributed by atoms with E-state index < -0.39 is 0 Å². The van der Waals surface area contributed by atoms with Crippen molar-refractivity contribution in [3.8, 4) is 0 Å². The summed E-state index contributed by atoms with van der Waals surface area (Å²) >= 11 is 0. The second-order valence-electron chi connectivity index (χ2n) is 5.40. The zero-order valence-corrected chi connectivity index (χ0v) is 10.3. The number of hydrogen-bond acceptors (Lipinski definition) is 1. The van der Waals surface area contributed by atoms with E-state index in [4.69, 9.17) is 0 Å². The van der Waals surface area contributed by atoms with Crippen LogP contribution in [0, 0.1) is 11.3 Å². The minimum Gasteiger partial charge on any atom is -0.396 e. The first-order valence-electron chi connectivity index (χ1n) is 6.48. The van der Waals surface area contributed by atoms with Gasteiger partial charge in [-0.2, -0.15) is 0 Å². The maximum absolute atomic E-state index is 9.43. The van der Waals surface area contributed by atoms with Crippen LogP contribution in [0.1, 0.15) is 58.8 Å². The molecule has 1 nitrogen and oxygen atoms in total. The Balaban J connectivity index is 2.22. The summed E-state index contributed by atoms with van der Waals surface area (Å²) in [6.07, 6.45) is 13.4. The molecule has 1 heteroatoms. The fourth-order valence-electron chi connectivity index (χ4n) is 1.88. The largest absolute Gasteiger partial charge is 0.396 e. The van der Waals surface area contributed by atoms with Gasteiger partial charge in [0, 0.05) is 6.61 Å². The van der Waals surface area contributed by atoms with E-state index in [9.17, 15) is 5.11 Å². The minimum atomic E-state index is 0.126. The Morgan fingerprint density at radius 1 is 1.33 bits per heavy atom. The number of unbranched alkanes of at least 4 members (excludes halogenated alkanes) is 2. The van der Waals surface area contributed by atoms with Crippen LogP contribution < -0.4 is 0 Å². The van der Waals surface area contributed by atoms with Crippen LogP contribution in [0.25, 0.3) is 0 Å². The van der Waals surface area contributed by atoms with Crippen LogP contribution in [-0.4, -0.2) is 11.7 Å². The molecule has 15 heavy (non-hydrogen) atoms. The summed E-state index contributed by atoms with van der Waals surface area (Å²) in [5.74, 6) is 0.864. The fraction of sp³-hybridized carbons (Fsp3) is 0.857. The zero-order chi connectivity index (χ0) is 11.1. The number of hydrogen-bond donors (Lipinski definition) is 1. The van der Waals surface area contributed by atoms with Gasteiger partial charge in [0.1, 0.15) is 0 Å². The maximum atomic E-state index is 9.43. The van der Waals surface area contributed by atoms with E-state index in [2.05, 4.69) is 26.0 Å². The lowest BCUT2D eigenvalue weighted by Crippen LogP contribution is -2.20. The summed E-state index contributed by atoms with van der Waals surface area (Å²) in [7, 11) is 0. The second-order valence-corrected chi connectivity index (χ2v) is 5.40. The number of aliphatic hydroxyl groups is 1. The van der Waals surface area contributed by atoms with E-state index in [0.29, 0.717) is 6.61 Å². The molecule has 0 aromatic carbocycles. The molecule has 0 amide bonds. The molecular formula is C14H26O. The summed E-state index contributed by atoms with van der Waals surface area (Å²) in [6.45, 7) is 4.76. The Morgan fingerprint density at radius 2 is 2.07 bits per heavy atom. The van der Waals surface area contributed by atoms with Gasteiger partial charge in [0.2, 0.25) is 0 Å². The van der Waals surface area contributed by atoms with Crippen LogP contribution in [0.2, 0.25) is 0 Å². The van der Waals surface area contributed by atoms with Gasteiger partial charge in [0.25, 0.3) is 0 Å². The standard InChI is InChI=1S/C14H26O/c1-3-4-5-10-14(2,12-15)11-6-7-13-8-9-13/h6-7,13,15H,3-5,8-12H2,1-2H3. The van der Waals surface area contributed by atoms with Crippen LogP contribution in [0.15, 0.2) is 12.2 Å². The van der Waals surface area contributed by atoms with Crippen molar-refractivity contribution in [1.82, 2.24) is 0 Å². The summed E-state index contributed by atoms with van der Waals surface area (Å²) in [5.41, 5.74) is 0.126. The van der Waals surface area contributed by atoms with Gasteiger partial charge in [-0.25, -0.2) is 0 Å². The third-order valence-electron chi connectivity index (χ3n) is 3.41. The highest BCUT2D eigenvalue weighted by Crippen LogP contribution is 2.33. The summed E-state index contributed by atoms with van der Waals surface area (Å²) < 4.78 is 0.